The van der Waals surface area contributed by atoms with Crippen molar-refractivity contribution in [3.8, 4) is 11.5 Å². The van der Waals surface area contributed by atoms with Crippen molar-refractivity contribution in [2.45, 2.75) is 18.7 Å². The molecule has 2 aliphatic rings. The number of benzene rings is 3. The van der Waals surface area contributed by atoms with Crippen molar-refractivity contribution < 1.29 is 9.47 Å². The molecule has 0 aromatic heterocycles. The Morgan fingerprint density at radius 1 is 0.933 bits per heavy atom. The average Bonchev–Trinajstić information content (AvgIpc) is 3.19. The Bertz CT molecular complexity index is 1150. The van der Waals surface area contributed by atoms with Crippen molar-refractivity contribution in [1.82, 2.24) is 5.01 Å². The highest BCUT2D eigenvalue weighted by atomic mass is 35.5. The van der Waals surface area contributed by atoms with Gasteiger partial charge in [-0.25, -0.2) is 5.01 Å². The Kier molecular flexibility index (Phi) is 5.02. The molecule has 0 fully saturated rings. The maximum absolute atomic E-state index is 6.52. The van der Waals surface area contributed by atoms with Crippen LogP contribution in [0.15, 0.2) is 65.8 Å². The molecule has 2 heterocycles. The van der Waals surface area contributed by atoms with Crippen LogP contribution in [0.2, 0.25) is 15.1 Å². The summed E-state index contributed by atoms with van der Waals surface area (Å²) in [4.78, 5) is 0. The van der Waals surface area contributed by atoms with Crippen LogP contribution in [0.3, 0.4) is 0 Å². The summed E-state index contributed by atoms with van der Waals surface area (Å²) in [5, 5.41) is 8.68. The Balaban J connectivity index is 1.59. The van der Waals surface area contributed by atoms with Crippen molar-refractivity contribution in [3.63, 3.8) is 0 Å². The zero-order valence-corrected chi connectivity index (χ0v) is 18.2. The Morgan fingerprint density at radius 2 is 1.67 bits per heavy atom. The third-order valence-corrected chi connectivity index (χ3v) is 6.20. The van der Waals surface area contributed by atoms with Crippen LogP contribution in [0, 0.1) is 0 Å². The lowest BCUT2D eigenvalue weighted by atomic mass is 9.96. The molecule has 30 heavy (non-hydrogen) atoms. The number of nitrogens with zero attached hydrogens (tertiary/aromatic N) is 2. The van der Waals surface area contributed by atoms with E-state index in [1.54, 1.807) is 13.2 Å². The second-order valence-corrected chi connectivity index (χ2v) is 8.47. The van der Waals surface area contributed by atoms with Crippen LogP contribution < -0.4 is 9.47 Å². The van der Waals surface area contributed by atoms with E-state index in [1.165, 1.54) is 0 Å². The first-order valence-corrected chi connectivity index (χ1v) is 10.6. The first-order chi connectivity index (χ1) is 14.5. The van der Waals surface area contributed by atoms with Crippen molar-refractivity contribution >= 4 is 40.5 Å². The molecule has 3 aromatic rings. The minimum Gasteiger partial charge on any atom is -0.497 e. The highest BCUT2D eigenvalue weighted by Crippen LogP contribution is 2.49. The Hall–Kier alpha value is -2.40. The van der Waals surface area contributed by atoms with E-state index in [2.05, 4.69) is 0 Å². The number of rotatable bonds is 3. The van der Waals surface area contributed by atoms with Crippen LogP contribution in [0.5, 0.6) is 11.5 Å². The number of ether oxygens (including phenoxy) is 2. The minimum absolute atomic E-state index is 0.0127. The molecule has 0 spiro atoms. The van der Waals surface area contributed by atoms with E-state index in [4.69, 9.17) is 49.4 Å². The van der Waals surface area contributed by atoms with Gasteiger partial charge in [-0.3, -0.25) is 0 Å². The van der Waals surface area contributed by atoms with Crippen LogP contribution >= 0.6 is 34.8 Å². The fraction of sp³-hybridized carbons (Fsp3) is 0.174. The molecule has 5 rings (SSSR count). The Morgan fingerprint density at radius 3 is 2.40 bits per heavy atom. The van der Waals surface area contributed by atoms with Gasteiger partial charge < -0.3 is 9.47 Å². The normalized spacial score (nSPS) is 19.6. The molecular formula is C23H17Cl3N2O2. The molecular weight excluding hydrogens is 443 g/mol. The fourth-order valence-electron chi connectivity index (χ4n) is 3.92. The van der Waals surface area contributed by atoms with Crippen molar-refractivity contribution in [2.24, 2.45) is 5.10 Å². The first-order valence-electron chi connectivity index (χ1n) is 9.45. The summed E-state index contributed by atoms with van der Waals surface area (Å²) in [5.41, 5.74) is 3.83. The summed E-state index contributed by atoms with van der Waals surface area (Å²) >= 11 is 18.9. The van der Waals surface area contributed by atoms with E-state index in [1.807, 2.05) is 59.6 Å². The molecule has 0 bridgehead atoms. The van der Waals surface area contributed by atoms with E-state index in [0.29, 0.717) is 15.1 Å². The van der Waals surface area contributed by atoms with Gasteiger partial charge in [-0.15, -0.1) is 0 Å². The van der Waals surface area contributed by atoms with Gasteiger partial charge >= 0.3 is 0 Å². The standard InChI is InChI=1S/C23H17Cl3N2O2/c1-29-16-6-2-13(3-7-16)20-12-21-18-10-14(24)5-9-22(18)30-23(28(21)27-20)17-8-4-15(25)11-19(17)26/h2-11,21,23H,12H2,1H3/t21-,23-/m0/s1. The lowest BCUT2D eigenvalue weighted by Crippen LogP contribution is -2.33. The third-order valence-electron chi connectivity index (χ3n) is 5.40. The average molecular weight is 460 g/mol. The predicted molar refractivity (Wildman–Crippen MR) is 120 cm³/mol. The highest BCUT2D eigenvalue weighted by Gasteiger charge is 2.41. The number of halogens is 3. The molecule has 0 N–H and O–H groups in total. The van der Waals surface area contributed by atoms with E-state index in [9.17, 15) is 0 Å². The minimum atomic E-state index is -0.468. The number of hydrazone groups is 1. The summed E-state index contributed by atoms with van der Waals surface area (Å²) in [6, 6.07) is 19.0. The molecule has 152 valence electrons. The van der Waals surface area contributed by atoms with Gasteiger partial charge in [0.15, 0.2) is 0 Å². The van der Waals surface area contributed by atoms with Gasteiger partial charge in [0.25, 0.3) is 0 Å². The number of methoxy groups -OCH3 is 1. The number of hydrogen-bond acceptors (Lipinski definition) is 4. The van der Waals surface area contributed by atoms with Gasteiger partial charge in [0.2, 0.25) is 6.23 Å². The van der Waals surface area contributed by atoms with Crippen molar-refractivity contribution in [3.05, 3.63) is 92.4 Å². The van der Waals surface area contributed by atoms with Gasteiger partial charge in [-0.1, -0.05) is 40.9 Å². The second kappa shape index (κ2) is 7.69. The summed E-state index contributed by atoms with van der Waals surface area (Å²) < 4.78 is 11.6. The number of fused-ring (bicyclic) bond motifs is 3. The van der Waals surface area contributed by atoms with Crippen molar-refractivity contribution in [1.29, 1.82) is 0 Å². The first kappa shape index (κ1) is 19.6. The molecule has 0 unspecified atom stereocenters. The molecule has 0 radical (unpaired) electrons. The van der Waals surface area contributed by atoms with Crippen LogP contribution in [-0.2, 0) is 0 Å². The molecule has 2 aliphatic heterocycles. The SMILES string of the molecule is COc1ccc(C2=NN3[C@@H](C2)c2cc(Cl)ccc2O[C@H]3c2ccc(Cl)cc2Cl)cc1. The lowest BCUT2D eigenvalue weighted by Gasteiger charge is -2.38. The molecule has 3 aromatic carbocycles. The largest absolute Gasteiger partial charge is 0.497 e. The van der Waals surface area contributed by atoms with E-state index in [0.717, 1.165) is 40.3 Å². The summed E-state index contributed by atoms with van der Waals surface area (Å²) in [6.45, 7) is 0. The molecule has 2 atom stereocenters. The molecule has 0 saturated heterocycles. The second-order valence-electron chi connectivity index (χ2n) is 7.19. The predicted octanol–water partition coefficient (Wildman–Crippen LogP) is 6.90. The van der Waals surface area contributed by atoms with Gasteiger partial charge in [0.1, 0.15) is 11.5 Å². The van der Waals surface area contributed by atoms with Gasteiger partial charge in [0.05, 0.1) is 23.9 Å². The topological polar surface area (TPSA) is 34.1 Å². The quantitative estimate of drug-likeness (QED) is 0.427. The fourth-order valence-corrected chi connectivity index (χ4v) is 4.61. The smallest absolute Gasteiger partial charge is 0.215 e. The third kappa shape index (κ3) is 3.39. The van der Waals surface area contributed by atoms with E-state index >= 15 is 0 Å². The van der Waals surface area contributed by atoms with Crippen LogP contribution in [0.1, 0.15) is 35.4 Å². The van der Waals surface area contributed by atoms with E-state index in [-0.39, 0.29) is 6.04 Å². The molecule has 4 nitrogen and oxygen atoms in total. The summed E-state index contributed by atoms with van der Waals surface area (Å²) in [5.74, 6) is 1.59. The number of hydrogen-bond donors (Lipinski definition) is 0. The monoisotopic (exact) mass is 458 g/mol. The van der Waals surface area contributed by atoms with Crippen molar-refractivity contribution in [2.75, 3.05) is 7.11 Å². The van der Waals surface area contributed by atoms with Crippen LogP contribution in [-0.4, -0.2) is 17.8 Å². The molecule has 0 aliphatic carbocycles. The molecule has 7 heteroatoms. The highest BCUT2D eigenvalue weighted by molar-refractivity contribution is 6.35. The van der Waals surface area contributed by atoms with E-state index < -0.39 is 6.23 Å². The zero-order valence-electron chi connectivity index (χ0n) is 16.0. The van der Waals surface area contributed by atoms with Gasteiger partial charge in [-0.05, 0) is 60.2 Å². The molecule has 0 amide bonds. The maximum Gasteiger partial charge on any atom is 0.215 e. The van der Waals surface area contributed by atoms with Gasteiger partial charge in [0, 0.05) is 27.6 Å². The van der Waals surface area contributed by atoms with Crippen LogP contribution in [0.4, 0.5) is 0 Å². The summed E-state index contributed by atoms with van der Waals surface area (Å²) in [6.07, 6.45) is 0.259. The zero-order chi connectivity index (χ0) is 20.8. The Labute approximate surface area is 189 Å². The summed E-state index contributed by atoms with van der Waals surface area (Å²) in [7, 11) is 1.65. The maximum atomic E-state index is 6.52. The molecule has 0 saturated carbocycles. The lowest BCUT2D eigenvalue weighted by molar-refractivity contribution is -0.0189. The van der Waals surface area contributed by atoms with Gasteiger partial charge in [-0.2, -0.15) is 5.10 Å². The van der Waals surface area contributed by atoms with Crippen LogP contribution in [0.25, 0.3) is 0 Å².